The minimum Gasteiger partial charge on any atom is -0.496 e. The molecule has 0 spiro atoms. The van der Waals surface area contributed by atoms with E-state index in [4.69, 9.17) is 4.74 Å². The van der Waals surface area contributed by atoms with Gasteiger partial charge in [-0.15, -0.1) is 0 Å². The molecule has 0 amide bonds. The predicted molar refractivity (Wildman–Crippen MR) is 55.7 cm³/mol. The van der Waals surface area contributed by atoms with Gasteiger partial charge >= 0.3 is 5.97 Å². The number of hydrogen-bond acceptors (Lipinski definition) is 5. The summed E-state index contributed by atoms with van der Waals surface area (Å²) < 4.78 is 9.68. The second-order valence-corrected chi connectivity index (χ2v) is 2.79. The van der Waals surface area contributed by atoms with Gasteiger partial charge in [0.1, 0.15) is 11.3 Å². The molecule has 1 aromatic rings. The molecule has 5 heteroatoms. The van der Waals surface area contributed by atoms with Crippen molar-refractivity contribution in [2.75, 3.05) is 20.8 Å². The van der Waals surface area contributed by atoms with E-state index in [0.717, 1.165) is 0 Å². The lowest BCUT2D eigenvalue weighted by molar-refractivity contribution is -0.217. The Morgan fingerprint density at radius 3 is 2.75 bits per heavy atom. The number of para-hydroxylation sites is 1. The summed E-state index contributed by atoms with van der Waals surface area (Å²) in [7, 11) is 2.98. The molecule has 0 atom stereocenters. The molecule has 1 aromatic carbocycles. The predicted octanol–water partition coefficient (Wildman–Crippen LogP) is 1.59. The molecule has 1 rings (SSSR count). The van der Waals surface area contributed by atoms with Crippen molar-refractivity contribution >= 4 is 5.97 Å². The summed E-state index contributed by atoms with van der Waals surface area (Å²) in [6, 6.07) is 6.71. The van der Waals surface area contributed by atoms with Crippen LogP contribution in [0.4, 0.5) is 0 Å². The van der Waals surface area contributed by atoms with Gasteiger partial charge in [0.25, 0.3) is 0 Å². The molecule has 0 aliphatic carbocycles. The van der Waals surface area contributed by atoms with Gasteiger partial charge in [0.05, 0.1) is 13.7 Å². The van der Waals surface area contributed by atoms with Gasteiger partial charge in [-0.1, -0.05) is 12.1 Å². The van der Waals surface area contributed by atoms with Crippen molar-refractivity contribution in [3.05, 3.63) is 36.4 Å². The Morgan fingerprint density at radius 2 is 2.06 bits per heavy atom. The molecule has 0 aliphatic rings. The van der Waals surface area contributed by atoms with Crippen LogP contribution in [0.25, 0.3) is 0 Å². The maximum atomic E-state index is 11.5. The van der Waals surface area contributed by atoms with Gasteiger partial charge in [-0.25, -0.2) is 4.79 Å². The maximum absolute atomic E-state index is 11.5. The molecule has 0 unspecified atom stereocenters. The van der Waals surface area contributed by atoms with E-state index in [1.807, 2.05) is 0 Å². The van der Waals surface area contributed by atoms with Crippen molar-refractivity contribution in [1.82, 2.24) is 0 Å². The zero-order valence-electron chi connectivity index (χ0n) is 9.14. The minimum atomic E-state index is -0.621. The average molecular weight is 225 g/mol. The quantitative estimate of drug-likeness (QED) is 0.418. The van der Waals surface area contributed by atoms with Crippen LogP contribution in [0, 0.1) is 6.61 Å². The summed E-state index contributed by atoms with van der Waals surface area (Å²) in [5.41, 5.74) is 0.302. The van der Waals surface area contributed by atoms with E-state index >= 15 is 0 Å². The summed E-state index contributed by atoms with van der Waals surface area (Å²) in [6.45, 7) is 1.46. The topological polar surface area (TPSA) is 54.0 Å². The van der Waals surface area contributed by atoms with Crippen LogP contribution in [-0.2, 0) is 14.5 Å². The lowest BCUT2D eigenvalue weighted by atomic mass is 10.2. The standard InChI is InChI=1S/C11H13O5/c1-13-7-8-15-16-11(12)9-5-3-4-6-10(9)14-2/h3-6,8H,7H2,1-2H3. The van der Waals surface area contributed by atoms with E-state index in [-0.39, 0.29) is 6.61 Å². The van der Waals surface area contributed by atoms with Crippen LogP contribution in [0.1, 0.15) is 10.4 Å². The zero-order chi connectivity index (χ0) is 11.8. The van der Waals surface area contributed by atoms with Gasteiger partial charge in [-0.2, -0.15) is 4.89 Å². The Hall–Kier alpha value is -1.59. The van der Waals surface area contributed by atoms with Crippen molar-refractivity contribution in [1.29, 1.82) is 0 Å². The summed E-state index contributed by atoms with van der Waals surface area (Å²) in [5.74, 6) is -0.187. The van der Waals surface area contributed by atoms with Gasteiger partial charge in [0.15, 0.2) is 6.61 Å². The van der Waals surface area contributed by atoms with Crippen molar-refractivity contribution < 1.29 is 24.0 Å². The van der Waals surface area contributed by atoms with Gasteiger partial charge in [0.2, 0.25) is 0 Å². The molecule has 1 radical (unpaired) electrons. The van der Waals surface area contributed by atoms with Crippen LogP contribution < -0.4 is 4.74 Å². The van der Waals surface area contributed by atoms with Crippen LogP contribution in [0.5, 0.6) is 5.75 Å². The first-order valence-corrected chi connectivity index (χ1v) is 4.61. The molecule has 0 N–H and O–H groups in total. The first kappa shape index (κ1) is 12.5. The van der Waals surface area contributed by atoms with Crippen LogP contribution in [0.15, 0.2) is 24.3 Å². The van der Waals surface area contributed by atoms with Crippen molar-refractivity contribution in [2.24, 2.45) is 0 Å². The molecule has 0 fully saturated rings. The van der Waals surface area contributed by atoms with Crippen molar-refractivity contribution in [3.8, 4) is 5.75 Å². The summed E-state index contributed by atoms with van der Waals surface area (Å²) in [4.78, 5) is 20.6. The molecule has 5 nitrogen and oxygen atoms in total. The molecule has 0 heterocycles. The first-order chi connectivity index (χ1) is 7.79. The number of carbonyl (C=O) groups is 1. The second-order valence-electron chi connectivity index (χ2n) is 2.79. The fraction of sp³-hybridized carbons (Fsp3) is 0.273. The number of benzene rings is 1. The van der Waals surface area contributed by atoms with Crippen LogP contribution >= 0.6 is 0 Å². The number of ether oxygens (including phenoxy) is 2. The minimum absolute atomic E-state index is 0.235. The van der Waals surface area contributed by atoms with Gasteiger partial charge in [0, 0.05) is 7.11 Å². The molecular formula is C11H13O5. The van der Waals surface area contributed by atoms with Gasteiger partial charge in [-0.3, -0.25) is 4.89 Å². The highest BCUT2D eigenvalue weighted by Crippen LogP contribution is 2.18. The lowest BCUT2D eigenvalue weighted by Crippen LogP contribution is -2.08. The molecule has 0 bridgehead atoms. The fourth-order valence-electron chi connectivity index (χ4n) is 1.03. The maximum Gasteiger partial charge on any atom is 0.376 e. The normalized spacial score (nSPS) is 9.88. The third-order valence-electron chi connectivity index (χ3n) is 1.75. The third-order valence-corrected chi connectivity index (χ3v) is 1.75. The molecule has 0 saturated heterocycles. The Bertz CT molecular complexity index is 337. The Labute approximate surface area is 93.8 Å². The second kappa shape index (κ2) is 6.81. The van der Waals surface area contributed by atoms with Crippen LogP contribution in [-0.4, -0.2) is 26.8 Å². The molecule has 87 valence electrons. The molecule has 0 aromatic heterocycles. The third kappa shape index (κ3) is 3.52. The smallest absolute Gasteiger partial charge is 0.376 e. The highest BCUT2D eigenvalue weighted by atomic mass is 17.2. The van der Waals surface area contributed by atoms with E-state index in [0.29, 0.717) is 11.3 Å². The average Bonchev–Trinajstić information content (AvgIpc) is 2.34. The van der Waals surface area contributed by atoms with Crippen molar-refractivity contribution in [3.63, 3.8) is 0 Å². The first-order valence-electron chi connectivity index (χ1n) is 4.61. The highest BCUT2D eigenvalue weighted by molar-refractivity contribution is 5.92. The number of carbonyl (C=O) groups excluding carboxylic acids is 1. The highest BCUT2D eigenvalue weighted by Gasteiger charge is 2.13. The Kier molecular flexibility index (Phi) is 5.31. The van der Waals surface area contributed by atoms with E-state index in [1.165, 1.54) is 20.8 Å². The van der Waals surface area contributed by atoms with E-state index in [1.54, 1.807) is 24.3 Å². The SMILES string of the molecule is COC[CH]OOC(=O)c1ccccc1OC. The number of methoxy groups -OCH3 is 2. The number of hydrogen-bond donors (Lipinski definition) is 0. The van der Waals surface area contributed by atoms with E-state index < -0.39 is 5.97 Å². The zero-order valence-corrected chi connectivity index (χ0v) is 9.14. The van der Waals surface area contributed by atoms with Crippen LogP contribution in [0.2, 0.25) is 0 Å². The van der Waals surface area contributed by atoms with Gasteiger partial charge < -0.3 is 9.47 Å². The van der Waals surface area contributed by atoms with Crippen LogP contribution in [0.3, 0.4) is 0 Å². The molecule has 16 heavy (non-hydrogen) atoms. The molecule has 0 aliphatic heterocycles. The summed E-state index contributed by atoms with van der Waals surface area (Å²) in [6.07, 6.45) is 0. The van der Waals surface area contributed by atoms with Crippen molar-refractivity contribution in [2.45, 2.75) is 0 Å². The number of rotatable bonds is 6. The fourth-order valence-corrected chi connectivity index (χ4v) is 1.03. The Morgan fingerprint density at radius 1 is 1.31 bits per heavy atom. The van der Waals surface area contributed by atoms with E-state index in [9.17, 15) is 4.79 Å². The summed E-state index contributed by atoms with van der Waals surface area (Å²) in [5, 5.41) is 0. The monoisotopic (exact) mass is 225 g/mol. The lowest BCUT2D eigenvalue weighted by Gasteiger charge is -2.06. The largest absolute Gasteiger partial charge is 0.496 e. The summed E-state index contributed by atoms with van der Waals surface area (Å²) >= 11 is 0. The Balaban J connectivity index is 2.52. The van der Waals surface area contributed by atoms with E-state index in [2.05, 4.69) is 14.5 Å². The molecular weight excluding hydrogens is 212 g/mol. The molecule has 0 saturated carbocycles. The van der Waals surface area contributed by atoms with Gasteiger partial charge in [-0.05, 0) is 12.1 Å².